The summed E-state index contributed by atoms with van der Waals surface area (Å²) in [6, 6.07) is 7.36. The molecule has 0 unspecified atom stereocenters. The van der Waals surface area contributed by atoms with E-state index in [-0.39, 0.29) is 17.8 Å². The molecular weight excluding hydrogens is 258 g/mol. The van der Waals surface area contributed by atoms with Gasteiger partial charge in [-0.05, 0) is 24.6 Å². The van der Waals surface area contributed by atoms with Crippen molar-refractivity contribution in [2.45, 2.75) is 13.0 Å². The zero-order chi connectivity index (χ0) is 14.5. The molecule has 0 aliphatic carbocycles. The van der Waals surface area contributed by atoms with E-state index in [0.717, 1.165) is 5.52 Å². The second kappa shape index (κ2) is 6.18. The van der Waals surface area contributed by atoms with Crippen LogP contribution in [0.15, 0.2) is 34.2 Å². The van der Waals surface area contributed by atoms with Gasteiger partial charge in [-0.1, -0.05) is 17.2 Å². The lowest BCUT2D eigenvalue weighted by atomic mass is 10.2. The number of rotatable bonds is 5. The Labute approximate surface area is 115 Å². The van der Waals surface area contributed by atoms with Crippen molar-refractivity contribution < 1.29 is 4.74 Å². The zero-order valence-electron chi connectivity index (χ0n) is 11.4. The number of hydrogen-bond donors (Lipinski definition) is 0. The topological polar surface area (TPSA) is 92.9 Å². The molecule has 0 saturated heterocycles. The molecule has 1 atom stereocenters. The molecule has 0 amide bonds. The van der Waals surface area contributed by atoms with Crippen molar-refractivity contribution in [3.05, 3.63) is 50.8 Å². The van der Waals surface area contributed by atoms with E-state index < -0.39 is 6.10 Å². The molecule has 7 nitrogen and oxygen atoms in total. The van der Waals surface area contributed by atoms with Gasteiger partial charge in [0.1, 0.15) is 11.8 Å². The van der Waals surface area contributed by atoms with Crippen molar-refractivity contribution in [1.82, 2.24) is 9.55 Å². The monoisotopic (exact) mass is 273 g/mol. The quantitative estimate of drug-likeness (QED) is 0.475. The third-order valence-electron chi connectivity index (χ3n) is 2.99. The maximum Gasteiger partial charge on any atom is 0.275 e. The summed E-state index contributed by atoms with van der Waals surface area (Å²) in [7, 11) is 1.69. The minimum Gasteiger partial charge on any atom is -0.372 e. The summed E-state index contributed by atoms with van der Waals surface area (Å²) in [5.74, 6) is 0. The Morgan fingerprint density at radius 2 is 2.25 bits per heavy atom. The van der Waals surface area contributed by atoms with Crippen LogP contribution in [-0.4, -0.2) is 22.7 Å². The minimum atomic E-state index is -0.626. The van der Waals surface area contributed by atoms with Gasteiger partial charge < -0.3 is 9.30 Å². The zero-order valence-corrected chi connectivity index (χ0v) is 11.4. The fraction of sp³-hybridized carbons (Fsp3) is 0.385. The molecule has 1 heterocycles. The Balaban J connectivity index is 2.59. The van der Waals surface area contributed by atoms with E-state index in [0.29, 0.717) is 12.1 Å². The molecule has 0 fully saturated rings. The second-order valence-corrected chi connectivity index (χ2v) is 4.21. The number of nitrogens with zero attached hydrogens (tertiary/aromatic N) is 5. The highest BCUT2D eigenvalue weighted by molar-refractivity contribution is 5.74. The Morgan fingerprint density at radius 1 is 1.50 bits per heavy atom. The van der Waals surface area contributed by atoms with E-state index in [1.54, 1.807) is 7.05 Å². The summed E-state index contributed by atoms with van der Waals surface area (Å²) in [6.45, 7) is 2.27. The van der Waals surface area contributed by atoms with Crippen molar-refractivity contribution >= 4 is 11.0 Å². The summed E-state index contributed by atoms with van der Waals surface area (Å²) in [4.78, 5) is 19.4. The first-order valence-electron chi connectivity index (χ1n) is 6.27. The molecular formula is C13H15N5O2. The van der Waals surface area contributed by atoms with Gasteiger partial charge in [0.2, 0.25) is 0 Å². The number of hydrogen-bond acceptors (Lipinski definition) is 4. The van der Waals surface area contributed by atoms with Crippen molar-refractivity contribution in [3.8, 4) is 0 Å². The number of ether oxygens (including phenoxy) is 1. The third kappa shape index (κ3) is 2.64. The van der Waals surface area contributed by atoms with Crippen molar-refractivity contribution in [3.63, 3.8) is 0 Å². The Hall–Kier alpha value is -2.37. The fourth-order valence-electron chi connectivity index (χ4n) is 2.04. The van der Waals surface area contributed by atoms with Crippen LogP contribution in [0.5, 0.6) is 0 Å². The standard InChI is InChI=1S/C13H15N5O2/c1-3-20-11(8-15-17-14)12-13(19)18(2)10-7-5-4-6-9(10)16-12/h4-7,11H,3,8H2,1-2H3/t11-/m1/s1. The third-order valence-corrected chi connectivity index (χ3v) is 2.99. The average molecular weight is 273 g/mol. The van der Waals surface area contributed by atoms with Gasteiger partial charge in [0.15, 0.2) is 0 Å². The lowest BCUT2D eigenvalue weighted by Crippen LogP contribution is -2.27. The number of para-hydroxylation sites is 2. The largest absolute Gasteiger partial charge is 0.372 e. The van der Waals surface area contributed by atoms with E-state index in [9.17, 15) is 4.79 Å². The molecule has 0 aliphatic heterocycles. The lowest BCUT2D eigenvalue weighted by Gasteiger charge is -2.15. The van der Waals surface area contributed by atoms with Gasteiger partial charge in [-0.25, -0.2) is 4.98 Å². The summed E-state index contributed by atoms with van der Waals surface area (Å²) in [6.07, 6.45) is -0.626. The van der Waals surface area contributed by atoms with Crippen LogP contribution in [-0.2, 0) is 11.8 Å². The van der Waals surface area contributed by atoms with E-state index in [1.807, 2.05) is 31.2 Å². The summed E-state index contributed by atoms with van der Waals surface area (Å²) < 4.78 is 7.00. The van der Waals surface area contributed by atoms with Gasteiger partial charge in [-0.15, -0.1) is 0 Å². The van der Waals surface area contributed by atoms with Crippen molar-refractivity contribution in [2.24, 2.45) is 12.2 Å². The van der Waals surface area contributed by atoms with E-state index in [4.69, 9.17) is 10.3 Å². The Morgan fingerprint density at radius 3 is 2.95 bits per heavy atom. The summed E-state index contributed by atoms with van der Waals surface area (Å²) in [5, 5.41) is 3.49. The molecule has 104 valence electrons. The predicted octanol–water partition coefficient (Wildman–Crippen LogP) is 2.32. The number of benzene rings is 1. The molecule has 0 radical (unpaired) electrons. The van der Waals surface area contributed by atoms with Crippen LogP contribution in [0.4, 0.5) is 0 Å². The smallest absolute Gasteiger partial charge is 0.275 e. The summed E-state index contributed by atoms with van der Waals surface area (Å²) in [5.41, 5.74) is 9.90. The molecule has 0 bridgehead atoms. The highest BCUT2D eigenvalue weighted by Crippen LogP contribution is 2.16. The van der Waals surface area contributed by atoms with Gasteiger partial charge in [0, 0.05) is 18.6 Å². The Kier molecular flexibility index (Phi) is 4.34. The van der Waals surface area contributed by atoms with Gasteiger partial charge >= 0.3 is 0 Å². The Bertz CT molecular complexity index is 718. The normalized spacial score (nSPS) is 12.1. The van der Waals surface area contributed by atoms with Crippen LogP contribution in [0.1, 0.15) is 18.7 Å². The highest BCUT2D eigenvalue weighted by Gasteiger charge is 2.18. The van der Waals surface area contributed by atoms with Crippen LogP contribution in [0, 0.1) is 0 Å². The minimum absolute atomic E-state index is 0.0465. The number of azide groups is 1. The molecule has 2 aromatic rings. The highest BCUT2D eigenvalue weighted by atomic mass is 16.5. The summed E-state index contributed by atoms with van der Waals surface area (Å²) >= 11 is 0. The number of aryl methyl sites for hydroxylation is 1. The molecule has 0 aliphatic rings. The first kappa shape index (κ1) is 14.0. The lowest BCUT2D eigenvalue weighted by molar-refractivity contribution is 0.0648. The van der Waals surface area contributed by atoms with Crippen LogP contribution < -0.4 is 5.56 Å². The molecule has 2 rings (SSSR count). The van der Waals surface area contributed by atoms with Gasteiger partial charge in [-0.2, -0.15) is 0 Å². The van der Waals surface area contributed by atoms with Gasteiger partial charge in [0.25, 0.3) is 5.56 Å². The van der Waals surface area contributed by atoms with Crippen LogP contribution in [0.3, 0.4) is 0 Å². The van der Waals surface area contributed by atoms with E-state index in [1.165, 1.54) is 4.57 Å². The number of aromatic nitrogens is 2. The SMILES string of the molecule is CCO[C@H](CN=[N+]=[N-])c1nc2ccccc2n(C)c1=O. The molecule has 20 heavy (non-hydrogen) atoms. The van der Waals surface area contributed by atoms with Gasteiger partial charge in [-0.3, -0.25) is 4.79 Å². The first-order chi connectivity index (χ1) is 9.69. The maximum atomic E-state index is 12.3. The van der Waals surface area contributed by atoms with E-state index >= 15 is 0 Å². The molecule has 0 spiro atoms. The van der Waals surface area contributed by atoms with Crippen molar-refractivity contribution in [2.75, 3.05) is 13.2 Å². The molecule has 0 N–H and O–H groups in total. The van der Waals surface area contributed by atoms with Crippen LogP contribution in [0.2, 0.25) is 0 Å². The molecule has 1 aromatic carbocycles. The molecule has 7 heteroatoms. The second-order valence-electron chi connectivity index (χ2n) is 4.21. The average Bonchev–Trinajstić information content (AvgIpc) is 2.47. The van der Waals surface area contributed by atoms with Crippen LogP contribution >= 0.6 is 0 Å². The maximum absolute atomic E-state index is 12.3. The van der Waals surface area contributed by atoms with E-state index in [2.05, 4.69) is 15.0 Å². The molecule has 1 aromatic heterocycles. The van der Waals surface area contributed by atoms with Crippen molar-refractivity contribution in [1.29, 1.82) is 0 Å². The number of fused-ring (bicyclic) bond motifs is 1. The first-order valence-corrected chi connectivity index (χ1v) is 6.27. The predicted molar refractivity (Wildman–Crippen MR) is 75.4 cm³/mol. The molecule has 0 saturated carbocycles. The van der Waals surface area contributed by atoms with Crippen LogP contribution in [0.25, 0.3) is 21.5 Å². The van der Waals surface area contributed by atoms with Gasteiger partial charge in [0.05, 0.1) is 17.6 Å². The fourth-order valence-corrected chi connectivity index (χ4v) is 2.04.